The average molecular weight is 517 g/mol. The number of anilines is 1. The van der Waals surface area contributed by atoms with Crippen LogP contribution in [0.5, 0.6) is 5.75 Å². The van der Waals surface area contributed by atoms with E-state index in [1.54, 1.807) is 41.1 Å². The second kappa shape index (κ2) is 9.80. The van der Waals surface area contributed by atoms with E-state index in [1.807, 2.05) is 14.0 Å². The largest absolute Gasteiger partial charge is 0.481 e. The Kier molecular flexibility index (Phi) is 7.39. The molecule has 1 atom stereocenters. The maximum absolute atomic E-state index is 12.1. The number of nitrogens with zero attached hydrogens (tertiary/aromatic N) is 4. The van der Waals surface area contributed by atoms with Crippen LogP contribution >= 0.6 is 50.9 Å². The third-order valence-electron chi connectivity index (χ3n) is 3.76. The number of thioether (sulfide) groups is 1. The standard InChI is InChI=1S/C18H16BrCl2N5O2S/c1-10(28-14-7-12(20)4-5-13(14)21)17-24-25-18(26(17)2)29-9-16(27)23-15-6-3-11(19)8-22-15/h3-8,10H,9H2,1-2H3,(H,22,23,27). The first kappa shape index (κ1) is 21.9. The van der Waals surface area contributed by atoms with Gasteiger partial charge in [0, 0.05) is 28.8 Å². The fraction of sp³-hybridized carbons (Fsp3) is 0.222. The van der Waals surface area contributed by atoms with Gasteiger partial charge in [-0.2, -0.15) is 0 Å². The zero-order chi connectivity index (χ0) is 21.0. The van der Waals surface area contributed by atoms with E-state index in [-0.39, 0.29) is 11.7 Å². The molecule has 1 aromatic carbocycles. The molecule has 0 aliphatic heterocycles. The Labute approximate surface area is 190 Å². The molecule has 3 rings (SSSR count). The van der Waals surface area contributed by atoms with Crippen LogP contribution in [0.25, 0.3) is 0 Å². The first-order valence-electron chi connectivity index (χ1n) is 8.38. The Morgan fingerprint density at radius 3 is 2.83 bits per heavy atom. The molecule has 0 bridgehead atoms. The van der Waals surface area contributed by atoms with E-state index in [0.29, 0.717) is 32.6 Å². The number of ether oxygens (including phenoxy) is 1. The molecule has 0 saturated carbocycles. The van der Waals surface area contributed by atoms with Crippen LogP contribution in [-0.2, 0) is 11.8 Å². The van der Waals surface area contributed by atoms with E-state index in [0.717, 1.165) is 4.47 Å². The maximum atomic E-state index is 12.1. The molecule has 0 spiro atoms. The molecule has 0 radical (unpaired) electrons. The van der Waals surface area contributed by atoms with Crippen molar-refractivity contribution in [2.75, 3.05) is 11.1 Å². The van der Waals surface area contributed by atoms with E-state index in [4.69, 9.17) is 27.9 Å². The number of carbonyl (C=O) groups is 1. The molecular weight excluding hydrogens is 501 g/mol. The molecule has 11 heteroatoms. The Morgan fingerprint density at radius 1 is 1.31 bits per heavy atom. The van der Waals surface area contributed by atoms with Crippen LogP contribution in [0, 0.1) is 0 Å². The van der Waals surface area contributed by atoms with Crippen molar-refractivity contribution in [1.82, 2.24) is 19.7 Å². The van der Waals surface area contributed by atoms with Crippen LogP contribution in [0.3, 0.4) is 0 Å². The molecule has 2 heterocycles. The molecule has 0 aliphatic carbocycles. The maximum Gasteiger partial charge on any atom is 0.236 e. The molecule has 0 aliphatic rings. The molecule has 0 fully saturated rings. The summed E-state index contributed by atoms with van der Waals surface area (Å²) in [5.41, 5.74) is 0. The zero-order valence-corrected chi connectivity index (χ0v) is 19.3. The van der Waals surface area contributed by atoms with Crippen LogP contribution in [0.1, 0.15) is 18.9 Å². The van der Waals surface area contributed by atoms with E-state index in [2.05, 4.69) is 36.4 Å². The van der Waals surface area contributed by atoms with Gasteiger partial charge < -0.3 is 14.6 Å². The van der Waals surface area contributed by atoms with Crippen molar-refractivity contribution in [2.45, 2.75) is 18.2 Å². The highest BCUT2D eigenvalue weighted by Gasteiger charge is 2.19. The Balaban J connectivity index is 1.60. The van der Waals surface area contributed by atoms with Crippen molar-refractivity contribution in [3.8, 4) is 5.75 Å². The average Bonchev–Trinajstić information content (AvgIpc) is 3.05. The van der Waals surface area contributed by atoms with Gasteiger partial charge in [0.2, 0.25) is 5.91 Å². The van der Waals surface area contributed by atoms with Crippen LogP contribution in [-0.4, -0.2) is 31.4 Å². The van der Waals surface area contributed by atoms with Crippen molar-refractivity contribution in [2.24, 2.45) is 7.05 Å². The lowest BCUT2D eigenvalue weighted by Crippen LogP contribution is -2.15. The lowest BCUT2D eigenvalue weighted by molar-refractivity contribution is -0.113. The highest BCUT2D eigenvalue weighted by atomic mass is 79.9. The Morgan fingerprint density at radius 2 is 2.10 bits per heavy atom. The molecule has 29 heavy (non-hydrogen) atoms. The van der Waals surface area contributed by atoms with Gasteiger partial charge in [0.05, 0.1) is 10.8 Å². The van der Waals surface area contributed by atoms with E-state index >= 15 is 0 Å². The quantitative estimate of drug-likeness (QED) is 0.437. The fourth-order valence-electron chi connectivity index (χ4n) is 2.38. The lowest BCUT2D eigenvalue weighted by atomic mass is 10.3. The number of pyridine rings is 1. The Bertz CT molecular complexity index is 1020. The van der Waals surface area contributed by atoms with Gasteiger partial charge in [0.15, 0.2) is 17.1 Å². The molecule has 3 aromatic rings. The van der Waals surface area contributed by atoms with E-state index in [1.165, 1.54) is 11.8 Å². The molecule has 152 valence electrons. The van der Waals surface area contributed by atoms with Gasteiger partial charge in [-0.15, -0.1) is 10.2 Å². The monoisotopic (exact) mass is 515 g/mol. The van der Waals surface area contributed by atoms with Gasteiger partial charge in [-0.1, -0.05) is 35.0 Å². The van der Waals surface area contributed by atoms with Crippen LogP contribution in [0.15, 0.2) is 46.2 Å². The number of hydrogen-bond donors (Lipinski definition) is 1. The predicted octanol–water partition coefficient (Wildman–Crippen LogP) is 5.15. The van der Waals surface area contributed by atoms with E-state index < -0.39 is 6.10 Å². The molecule has 1 unspecified atom stereocenters. The normalized spacial score (nSPS) is 11.9. The van der Waals surface area contributed by atoms with Crippen molar-refractivity contribution in [3.63, 3.8) is 0 Å². The van der Waals surface area contributed by atoms with Gasteiger partial charge in [0.25, 0.3) is 0 Å². The minimum Gasteiger partial charge on any atom is -0.481 e. The summed E-state index contributed by atoms with van der Waals surface area (Å²) in [6.45, 7) is 1.83. The Hall–Kier alpha value is -1.81. The van der Waals surface area contributed by atoms with Gasteiger partial charge >= 0.3 is 0 Å². The van der Waals surface area contributed by atoms with Crippen molar-refractivity contribution in [3.05, 3.63) is 56.9 Å². The predicted molar refractivity (Wildman–Crippen MR) is 118 cm³/mol. The van der Waals surface area contributed by atoms with E-state index in [9.17, 15) is 4.79 Å². The second-order valence-electron chi connectivity index (χ2n) is 5.93. The summed E-state index contributed by atoms with van der Waals surface area (Å²) < 4.78 is 8.50. The molecule has 1 amide bonds. The number of halogens is 3. The van der Waals surface area contributed by atoms with Gasteiger partial charge in [0.1, 0.15) is 11.6 Å². The smallest absolute Gasteiger partial charge is 0.236 e. The number of amides is 1. The summed E-state index contributed by atoms with van der Waals surface area (Å²) in [5.74, 6) is 1.52. The van der Waals surface area contributed by atoms with Gasteiger partial charge in [-0.3, -0.25) is 4.79 Å². The fourth-order valence-corrected chi connectivity index (χ4v) is 3.65. The number of aromatic nitrogens is 4. The molecule has 0 saturated heterocycles. The number of rotatable bonds is 7. The third kappa shape index (κ3) is 5.85. The SMILES string of the molecule is CC(Oc1cc(Cl)ccc1Cl)c1nnc(SCC(=O)Nc2ccc(Br)cn2)n1C. The van der Waals surface area contributed by atoms with Gasteiger partial charge in [-0.05, 0) is 47.1 Å². The van der Waals surface area contributed by atoms with Crippen molar-refractivity contribution < 1.29 is 9.53 Å². The summed E-state index contributed by atoms with van der Waals surface area (Å²) in [6.07, 6.45) is 1.20. The highest BCUT2D eigenvalue weighted by Crippen LogP contribution is 2.31. The summed E-state index contributed by atoms with van der Waals surface area (Å²) in [7, 11) is 1.81. The minimum absolute atomic E-state index is 0.166. The first-order chi connectivity index (χ1) is 13.8. The second-order valence-corrected chi connectivity index (χ2v) is 8.63. The van der Waals surface area contributed by atoms with Crippen molar-refractivity contribution in [1.29, 1.82) is 0 Å². The number of hydrogen-bond acceptors (Lipinski definition) is 6. The minimum atomic E-state index is -0.418. The zero-order valence-electron chi connectivity index (χ0n) is 15.4. The highest BCUT2D eigenvalue weighted by molar-refractivity contribution is 9.10. The summed E-state index contributed by atoms with van der Waals surface area (Å²) in [6, 6.07) is 8.52. The van der Waals surface area contributed by atoms with Crippen molar-refractivity contribution >= 4 is 62.6 Å². The summed E-state index contributed by atoms with van der Waals surface area (Å²) >= 11 is 16.7. The molecule has 7 nitrogen and oxygen atoms in total. The van der Waals surface area contributed by atoms with Crippen LogP contribution < -0.4 is 10.1 Å². The van der Waals surface area contributed by atoms with Crippen LogP contribution in [0.2, 0.25) is 10.0 Å². The first-order valence-corrected chi connectivity index (χ1v) is 10.9. The molecule has 1 N–H and O–H groups in total. The number of carbonyl (C=O) groups excluding carboxylic acids is 1. The van der Waals surface area contributed by atoms with Gasteiger partial charge in [-0.25, -0.2) is 4.98 Å². The lowest BCUT2D eigenvalue weighted by Gasteiger charge is -2.15. The summed E-state index contributed by atoms with van der Waals surface area (Å²) in [4.78, 5) is 16.3. The summed E-state index contributed by atoms with van der Waals surface area (Å²) in [5, 5.41) is 12.6. The number of nitrogens with one attached hydrogen (secondary N) is 1. The third-order valence-corrected chi connectivity index (χ3v) is 5.79. The molecule has 2 aromatic heterocycles. The molecular formula is C18H16BrCl2N5O2S. The topological polar surface area (TPSA) is 81.9 Å². The van der Waals surface area contributed by atoms with Crippen LogP contribution in [0.4, 0.5) is 5.82 Å². The number of benzene rings is 1.